The Morgan fingerprint density at radius 3 is 2.72 bits per heavy atom. The van der Waals surface area contributed by atoms with E-state index < -0.39 is 11.9 Å². The minimum atomic E-state index is -0.573. The summed E-state index contributed by atoms with van der Waals surface area (Å²) in [7, 11) is 1.57. The first-order valence-electron chi connectivity index (χ1n) is 8.07. The molecule has 3 rings (SSSR count). The predicted molar refractivity (Wildman–Crippen MR) is 94.9 cm³/mol. The zero-order valence-electron chi connectivity index (χ0n) is 14.4. The second-order valence-corrected chi connectivity index (χ2v) is 5.69. The average molecular weight is 340 g/mol. The number of allylic oxidation sites excluding steroid dienone is 1. The lowest BCUT2D eigenvalue weighted by Crippen LogP contribution is -2.30. The lowest BCUT2D eigenvalue weighted by Gasteiger charge is -2.30. The van der Waals surface area contributed by atoms with Gasteiger partial charge in [0.1, 0.15) is 5.75 Å². The summed E-state index contributed by atoms with van der Waals surface area (Å²) in [5.41, 5.74) is 2.70. The normalized spacial score (nSPS) is 16.0. The zero-order valence-corrected chi connectivity index (χ0v) is 14.4. The number of ether oxygens (including phenoxy) is 2. The van der Waals surface area contributed by atoms with Crippen LogP contribution in [0, 0.1) is 0 Å². The van der Waals surface area contributed by atoms with Gasteiger partial charge in [0.25, 0.3) is 5.56 Å². The second-order valence-electron chi connectivity index (χ2n) is 5.69. The molecule has 0 amide bonds. The van der Waals surface area contributed by atoms with Gasteiger partial charge in [-0.1, -0.05) is 18.2 Å². The average Bonchev–Trinajstić information content (AvgIpc) is 2.60. The lowest BCUT2D eigenvalue weighted by molar-refractivity contribution is -0.138. The number of aromatic nitrogens is 1. The van der Waals surface area contributed by atoms with Gasteiger partial charge in [0, 0.05) is 23.1 Å². The van der Waals surface area contributed by atoms with Crippen molar-refractivity contribution < 1.29 is 14.3 Å². The summed E-state index contributed by atoms with van der Waals surface area (Å²) in [5, 5.41) is 3.15. The topological polar surface area (TPSA) is 80.4 Å². The molecule has 25 heavy (non-hydrogen) atoms. The number of fused-ring (bicyclic) bond motifs is 1. The fourth-order valence-corrected chi connectivity index (χ4v) is 3.21. The Morgan fingerprint density at radius 2 is 2.00 bits per heavy atom. The van der Waals surface area contributed by atoms with E-state index in [1.165, 1.54) is 0 Å². The summed E-state index contributed by atoms with van der Waals surface area (Å²) in [6.45, 7) is 3.81. The number of para-hydroxylation sites is 1. The molecule has 0 aliphatic carbocycles. The summed E-state index contributed by atoms with van der Waals surface area (Å²) < 4.78 is 10.7. The smallest absolute Gasteiger partial charge is 0.336 e. The summed E-state index contributed by atoms with van der Waals surface area (Å²) in [6, 6.07) is 9.16. The third-order valence-electron chi connectivity index (χ3n) is 4.25. The number of pyridine rings is 1. The Hall–Kier alpha value is -3.02. The Kier molecular flexibility index (Phi) is 4.61. The molecule has 6 nitrogen and oxygen atoms in total. The molecule has 2 heterocycles. The fourth-order valence-electron chi connectivity index (χ4n) is 3.21. The molecule has 1 atom stereocenters. The van der Waals surface area contributed by atoms with E-state index in [4.69, 9.17) is 9.47 Å². The highest BCUT2D eigenvalue weighted by Gasteiger charge is 2.36. The van der Waals surface area contributed by atoms with E-state index in [2.05, 4.69) is 10.3 Å². The van der Waals surface area contributed by atoms with Gasteiger partial charge in [-0.2, -0.15) is 0 Å². The first kappa shape index (κ1) is 16.8. The molecule has 2 N–H and O–H groups in total. The molecule has 1 unspecified atom stereocenters. The number of rotatable bonds is 4. The molecule has 1 aliphatic heterocycles. The van der Waals surface area contributed by atoms with Gasteiger partial charge in [-0.15, -0.1) is 0 Å². The number of methoxy groups -OCH3 is 1. The Labute approximate surface area is 145 Å². The molecule has 1 aromatic carbocycles. The zero-order chi connectivity index (χ0) is 18.0. The highest BCUT2D eigenvalue weighted by molar-refractivity contribution is 5.94. The van der Waals surface area contributed by atoms with Crippen LogP contribution in [0.4, 0.5) is 5.69 Å². The van der Waals surface area contributed by atoms with Crippen LogP contribution >= 0.6 is 0 Å². The van der Waals surface area contributed by atoms with Crippen molar-refractivity contribution in [3.63, 3.8) is 0 Å². The summed E-state index contributed by atoms with van der Waals surface area (Å²) in [4.78, 5) is 27.9. The number of benzene rings is 1. The molecule has 0 bridgehead atoms. The van der Waals surface area contributed by atoms with Gasteiger partial charge in [0.05, 0.1) is 30.8 Å². The molecule has 1 aliphatic rings. The van der Waals surface area contributed by atoms with Crippen molar-refractivity contribution in [2.24, 2.45) is 0 Å². The molecule has 2 aromatic rings. The molecule has 130 valence electrons. The molecular formula is C19H20N2O4. The summed E-state index contributed by atoms with van der Waals surface area (Å²) in [6.07, 6.45) is 1.58. The summed E-state index contributed by atoms with van der Waals surface area (Å²) in [5.74, 6) is -0.410. The number of carbonyl (C=O) groups excluding carboxylic acids is 1. The van der Waals surface area contributed by atoms with Crippen molar-refractivity contribution in [2.45, 2.75) is 19.8 Å². The van der Waals surface area contributed by atoms with Crippen molar-refractivity contribution in [1.29, 1.82) is 0 Å². The van der Waals surface area contributed by atoms with E-state index in [1.807, 2.05) is 24.3 Å². The van der Waals surface area contributed by atoms with Crippen LogP contribution in [0.3, 0.4) is 0 Å². The molecule has 0 spiro atoms. The maximum absolute atomic E-state index is 12.6. The van der Waals surface area contributed by atoms with Gasteiger partial charge in [-0.25, -0.2) is 4.79 Å². The monoisotopic (exact) mass is 340 g/mol. The number of carbonyl (C=O) groups is 1. The van der Waals surface area contributed by atoms with Crippen LogP contribution in [0.25, 0.3) is 0 Å². The van der Waals surface area contributed by atoms with E-state index in [0.717, 1.165) is 5.56 Å². The van der Waals surface area contributed by atoms with E-state index in [0.29, 0.717) is 28.3 Å². The first-order valence-corrected chi connectivity index (χ1v) is 8.07. The van der Waals surface area contributed by atoms with Gasteiger partial charge in [0.2, 0.25) is 0 Å². The van der Waals surface area contributed by atoms with Gasteiger partial charge >= 0.3 is 5.97 Å². The van der Waals surface area contributed by atoms with E-state index >= 15 is 0 Å². The number of H-pyrrole nitrogens is 1. The number of aromatic amines is 1. The van der Waals surface area contributed by atoms with Crippen molar-refractivity contribution in [3.05, 3.63) is 69.3 Å². The third kappa shape index (κ3) is 2.91. The van der Waals surface area contributed by atoms with Crippen molar-refractivity contribution in [2.75, 3.05) is 19.0 Å². The Balaban J connectivity index is 2.29. The van der Waals surface area contributed by atoms with Crippen molar-refractivity contribution >= 4 is 11.7 Å². The number of anilines is 1. The summed E-state index contributed by atoms with van der Waals surface area (Å²) >= 11 is 0. The maximum Gasteiger partial charge on any atom is 0.336 e. The number of esters is 1. The minimum absolute atomic E-state index is 0.254. The van der Waals surface area contributed by atoms with Crippen LogP contribution in [0.15, 0.2) is 52.6 Å². The molecule has 1 aromatic heterocycles. The van der Waals surface area contributed by atoms with Gasteiger partial charge in [-0.05, 0) is 26.0 Å². The predicted octanol–water partition coefficient (Wildman–Crippen LogP) is 2.78. The van der Waals surface area contributed by atoms with Gasteiger partial charge < -0.3 is 19.8 Å². The van der Waals surface area contributed by atoms with E-state index in [9.17, 15) is 9.59 Å². The first-order chi connectivity index (χ1) is 12.1. The van der Waals surface area contributed by atoms with Crippen LogP contribution in [0.1, 0.15) is 30.9 Å². The van der Waals surface area contributed by atoms with E-state index in [1.54, 1.807) is 33.2 Å². The molecular weight excluding hydrogens is 320 g/mol. The SMILES string of the molecule is CCOC(=O)C1=C(C)Nc2cc[nH]c(=O)c2C1c1ccccc1OC. The van der Waals surface area contributed by atoms with Gasteiger partial charge in [0.15, 0.2) is 0 Å². The lowest BCUT2D eigenvalue weighted by atomic mass is 9.81. The van der Waals surface area contributed by atoms with E-state index in [-0.39, 0.29) is 12.2 Å². The van der Waals surface area contributed by atoms with Crippen LogP contribution in [0.5, 0.6) is 5.75 Å². The fraction of sp³-hybridized carbons (Fsp3) is 0.263. The molecule has 0 saturated carbocycles. The van der Waals surface area contributed by atoms with Gasteiger partial charge in [-0.3, -0.25) is 4.79 Å². The highest BCUT2D eigenvalue weighted by atomic mass is 16.5. The van der Waals surface area contributed by atoms with Crippen molar-refractivity contribution in [1.82, 2.24) is 4.98 Å². The quantitative estimate of drug-likeness (QED) is 0.837. The largest absolute Gasteiger partial charge is 0.496 e. The number of hydrogen-bond donors (Lipinski definition) is 2. The minimum Gasteiger partial charge on any atom is -0.496 e. The van der Waals surface area contributed by atoms with Crippen LogP contribution in [-0.2, 0) is 9.53 Å². The molecule has 0 fully saturated rings. The third-order valence-corrected chi connectivity index (χ3v) is 4.25. The second kappa shape index (κ2) is 6.84. The van der Waals surface area contributed by atoms with Crippen LogP contribution in [0.2, 0.25) is 0 Å². The number of hydrogen-bond acceptors (Lipinski definition) is 5. The highest BCUT2D eigenvalue weighted by Crippen LogP contribution is 2.43. The van der Waals surface area contributed by atoms with Crippen LogP contribution < -0.4 is 15.6 Å². The molecule has 0 saturated heterocycles. The van der Waals surface area contributed by atoms with Crippen LogP contribution in [-0.4, -0.2) is 24.7 Å². The van der Waals surface area contributed by atoms with Crippen molar-refractivity contribution in [3.8, 4) is 5.75 Å². The standard InChI is InChI=1S/C19H20N2O4/c1-4-25-19(23)15-11(2)21-13-9-10-20-18(22)17(13)16(15)12-7-5-6-8-14(12)24-3/h5-10,16,21H,4H2,1-3H3,(H,20,22). The maximum atomic E-state index is 12.6. The molecule has 6 heteroatoms. The molecule has 0 radical (unpaired) electrons. The Morgan fingerprint density at radius 1 is 1.24 bits per heavy atom. The Bertz CT molecular complexity index is 898. The number of nitrogens with one attached hydrogen (secondary N) is 2.